The maximum atomic E-state index is 12.7. The minimum Gasteiger partial charge on any atom is -0.497 e. The van der Waals surface area contributed by atoms with E-state index in [0.29, 0.717) is 21.5 Å². The standard InChI is InChI=1S/C24H31Cl2N3O2/c1-17(2)23(27-24(30)19-5-7-20(31-3)8-6-19)16-29-12-10-28(11-13-29)15-18-4-9-21(25)22(26)14-18/h4-9,14,17,23H,10-13,15-16H2,1-3H3,(H,27,30). The first-order chi connectivity index (χ1) is 14.9. The van der Waals surface area contributed by atoms with Crippen molar-refractivity contribution >= 4 is 29.1 Å². The predicted octanol–water partition coefficient (Wildman–Crippen LogP) is 4.57. The maximum Gasteiger partial charge on any atom is 0.251 e. The van der Waals surface area contributed by atoms with Crippen molar-refractivity contribution in [3.8, 4) is 5.75 Å². The molecular weight excluding hydrogens is 433 g/mol. The van der Waals surface area contributed by atoms with Gasteiger partial charge in [0.1, 0.15) is 5.75 Å². The summed E-state index contributed by atoms with van der Waals surface area (Å²) in [5.74, 6) is 1.05. The molecular formula is C24H31Cl2N3O2. The van der Waals surface area contributed by atoms with Crippen molar-refractivity contribution in [1.29, 1.82) is 0 Å². The fourth-order valence-electron chi connectivity index (χ4n) is 3.72. The molecule has 31 heavy (non-hydrogen) atoms. The Kier molecular flexibility index (Phi) is 8.61. The lowest BCUT2D eigenvalue weighted by molar-refractivity contribution is 0.0862. The molecule has 0 aromatic heterocycles. The van der Waals surface area contributed by atoms with Crippen LogP contribution < -0.4 is 10.1 Å². The minimum absolute atomic E-state index is 0.0420. The number of carbonyl (C=O) groups is 1. The molecule has 1 N–H and O–H groups in total. The Bertz CT molecular complexity index is 866. The Labute approximate surface area is 195 Å². The number of amides is 1. The van der Waals surface area contributed by atoms with Gasteiger partial charge in [0.05, 0.1) is 17.2 Å². The smallest absolute Gasteiger partial charge is 0.251 e. The summed E-state index contributed by atoms with van der Waals surface area (Å²) in [6.07, 6.45) is 0. The Balaban J connectivity index is 1.50. The topological polar surface area (TPSA) is 44.8 Å². The quantitative estimate of drug-likeness (QED) is 0.622. The van der Waals surface area contributed by atoms with Gasteiger partial charge >= 0.3 is 0 Å². The van der Waals surface area contributed by atoms with Gasteiger partial charge in [-0.3, -0.25) is 14.6 Å². The third-order valence-corrected chi connectivity index (χ3v) is 6.52. The predicted molar refractivity (Wildman–Crippen MR) is 127 cm³/mol. The van der Waals surface area contributed by atoms with Crippen LogP contribution in [0.2, 0.25) is 10.0 Å². The zero-order valence-corrected chi connectivity index (χ0v) is 19.9. The van der Waals surface area contributed by atoms with Crippen LogP contribution in [0.15, 0.2) is 42.5 Å². The highest BCUT2D eigenvalue weighted by Crippen LogP contribution is 2.23. The van der Waals surface area contributed by atoms with Crippen LogP contribution in [0.3, 0.4) is 0 Å². The van der Waals surface area contributed by atoms with Crippen molar-refractivity contribution in [1.82, 2.24) is 15.1 Å². The van der Waals surface area contributed by atoms with Gasteiger partial charge in [0.25, 0.3) is 5.91 Å². The van der Waals surface area contributed by atoms with Gasteiger partial charge in [-0.1, -0.05) is 43.1 Å². The van der Waals surface area contributed by atoms with Crippen molar-refractivity contribution in [2.75, 3.05) is 39.8 Å². The minimum atomic E-state index is -0.0420. The van der Waals surface area contributed by atoms with E-state index >= 15 is 0 Å². The van der Waals surface area contributed by atoms with Crippen LogP contribution >= 0.6 is 23.2 Å². The van der Waals surface area contributed by atoms with E-state index in [1.807, 2.05) is 30.3 Å². The third-order valence-electron chi connectivity index (χ3n) is 5.78. The summed E-state index contributed by atoms with van der Waals surface area (Å²) in [6.45, 7) is 9.94. The van der Waals surface area contributed by atoms with E-state index < -0.39 is 0 Å². The highest BCUT2D eigenvalue weighted by molar-refractivity contribution is 6.42. The van der Waals surface area contributed by atoms with Crippen molar-refractivity contribution in [3.63, 3.8) is 0 Å². The van der Waals surface area contributed by atoms with E-state index in [-0.39, 0.29) is 11.9 Å². The van der Waals surface area contributed by atoms with Crippen LogP contribution in [-0.4, -0.2) is 61.6 Å². The number of halogens is 2. The van der Waals surface area contributed by atoms with Crippen molar-refractivity contribution in [2.24, 2.45) is 5.92 Å². The van der Waals surface area contributed by atoms with Crippen LogP contribution in [0, 0.1) is 5.92 Å². The molecule has 0 aliphatic carbocycles. The lowest BCUT2D eigenvalue weighted by Crippen LogP contribution is -2.52. The number of hydrogen-bond acceptors (Lipinski definition) is 4. The Morgan fingerprint density at radius 1 is 1.00 bits per heavy atom. The largest absolute Gasteiger partial charge is 0.497 e. The van der Waals surface area contributed by atoms with Gasteiger partial charge in [-0.25, -0.2) is 0 Å². The number of ether oxygens (including phenoxy) is 1. The van der Waals surface area contributed by atoms with Gasteiger partial charge in [-0.2, -0.15) is 0 Å². The van der Waals surface area contributed by atoms with Crippen molar-refractivity contribution in [2.45, 2.75) is 26.4 Å². The fourth-order valence-corrected chi connectivity index (χ4v) is 4.04. The van der Waals surface area contributed by atoms with E-state index in [2.05, 4.69) is 29.0 Å². The molecule has 1 aliphatic heterocycles. The molecule has 3 rings (SSSR count). The second-order valence-electron chi connectivity index (χ2n) is 8.38. The molecule has 0 bridgehead atoms. The number of carbonyl (C=O) groups excluding carboxylic acids is 1. The summed E-state index contributed by atoms with van der Waals surface area (Å²) in [7, 11) is 1.62. The third kappa shape index (κ3) is 6.84. The van der Waals surface area contributed by atoms with Gasteiger partial charge < -0.3 is 10.1 Å². The highest BCUT2D eigenvalue weighted by atomic mass is 35.5. The first kappa shape index (κ1) is 23.9. The summed E-state index contributed by atoms with van der Waals surface area (Å²) in [5.41, 5.74) is 1.83. The number of hydrogen-bond donors (Lipinski definition) is 1. The Hall–Kier alpha value is -1.79. The molecule has 0 saturated carbocycles. The molecule has 1 unspecified atom stereocenters. The second-order valence-corrected chi connectivity index (χ2v) is 9.19. The van der Waals surface area contributed by atoms with Gasteiger partial charge in [0.2, 0.25) is 0 Å². The average molecular weight is 464 g/mol. The number of rotatable bonds is 8. The molecule has 1 fully saturated rings. The monoisotopic (exact) mass is 463 g/mol. The van der Waals surface area contributed by atoms with Crippen LogP contribution in [0.25, 0.3) is 0 Å². The molecule has 2 aromatic rings. The maximum absolute atomic E-state index is 12.7. The Morgan fingerprint density at radius 3 is 2.23 bits per heavy atom. The molecule has 0 radical (unpaired) electrons. The fraction of sp³-hybridized carbons (Fsp3) is 0.458. The van der Waals surface area contributed by atoms with Crippen LogP contribution in [0.4, 0.5) is 0 Å². The molecule has 7 heteroatoms. The number of nitrogens with one attached hydrogen (secondary N) is 1. The number of methoxy groups -OCH3 is 1. The molecule has 1 saturated heterocycles. The summed E-state index contributed by atoms with van der Waals surface area (Å²) >= 11 is 12.2. The van der Waals surface area contributed by atoms with Gasteiger partial charge in [0, 0.05) is 50.9 Å². The number of benzene rings is 2. The summed E-state index contributed by atoms with van der Waals surface area (Å²) < 4.78 is 5.17. The van der Waals surface area contributed by atoms with Gasteiger partial charge in [-0.05, 0) is 47.9 Å². The molecule has 1 heterocycles. The van der Waals surface area contributed by atoms with E-state index in [0.717, 1.165) is 45.0 Å². The molecule has 1 atom stereocenters. The summed E-state index contributed by atoms with van der Waals surface area (Å²) in [5, 5.41) is 4.41. The van der Waals surface area contributed by atoms with E-state index in [1.54, 1.807) is 19.2 Å². The van der Waals surface area contributed by atoms with Crippen molar-refractivity contribution in [3.05, 3.63) is 63.6 Å². The zero-order valence-electron chi connectivity index (χ0n) is 18.4. The highest BCUT2D eigenvalue weighted by Gasteiger charge is 2.23. The van der Waals surface area contributed by atoms with Gasteiger partial charge in [-0.15, -0.1) is 0 Å². The normalized spacial score (nSPS) is 16.3. The molecule has 168 valence electrons. The Morgan fingerprint density at radius 2 is 1.65 bits per heavy atom. The lowest BCUT2D eigenvalue weighted by atomic mass is 10.0. The average Bonchev–Trinajstić information content (AvgIpc) is 2.77. The first-order valence-corrected chi connectivity index (χ1v) is 11.4. The second kappa shape index (κ2) is 11.2. The number of nitrogens with zero attached hydrogens (tertiary/aromatic N) is 2. The zero-order chi connectivity index (χ0) is 22.4. The molecule has 5 nitrogen and oxygen atoms in total. The summed E-state index contributed by atoms with van der Waals surface area (Å²) in [6, 6.07) is 13.1. The van der Waals surface area contributed by atoms with Gasteiger partial charge in [0.15, 0.2) is 0 Å². The molecule has 2 aromatic carbocycles. The van der Waals surface area contributed by atoms with Crippen LogP contribution in [0.5, 0.6) is 5.75 Å². The number of piperazine rings is 1. The molecule has 0 spiro atoms. The first-order valence-electron chi connectivity index (χ1n) is 10.7. The van der Waals surface area contributed by atoms with E-state index in [4.69, 9.17) is 27.9 Å². The van der Waals surface area contributed by atoms with E-state index in [9.17, 15) is 4.79 Å². The van der Waals surface area contributed by atoms with Crippen molar-refractivity contribution < 1.29 is 9.53 Å². The van der Waals surface area contributed by atoms with Crippen LogP contribution in [0.1, 0.15) is 29.8 Å². The van der Waals surface area contributed by atoms with Crippen LogP contribution in [-0.2, 0) is 6.54 Å². The molecule has 1 aliphatic rings. The molecule has 1 amide bonds. The lowest BCUT2D eigenvalue weighted by Gasteiger charge is -2.37. The van der Waals surface area contributed by atoms with E-state index in [1.165, 1.54) is 5.56 Å². The summed E-state index contributed by atoms with van der Waals surface area (Å²) in [4.78, 5) is 17.6. The SMILES string of the molecule is COc1ccc(C(=O)NC(CN2CCN(Cc3ccc(Cl)c(Cl)c3)CC2)C(C)C)cc1.